The zero-order chi connectivity index (χ0) is 13.0. The van der Waals surface area contributed by atoms with Gasteiger partial charge in [-0.05, 0) is 19.4 Å². The van der Waals surface area contributed by atoms with Crippen molar-refractivity contribution in [3.63, 3.8) is 0 Å². The SMILES string of the molecule is CC(C)c1nccn1CCCNC(=O)C1CCN1. The normalized spacial score (nSPS) is 18.7. The number of aryl methyl sites for hydroxylation is 1. The Balaban J connectivity index is 1.68. The van der Waals surface area contributed by atoms with E-state index in [9.17, 15) is 4.79 Å². The van der Waals surface area contributed by atoms with E-state index in [1.807, 2.05) is 12.4 Å². The molecule has 100 valence electrons. The first kappa shape index (κ1) is 13.1. The van der Waals surface area contributed by atoms with E-state index in [-0.39, 0.29) is 11.9 Å². The van der Waals surface area contributed by atoms with Crippen molar-refractivity contribution in [2.45, 2.75) is 45.2 Å². The van der Waals surface area contributed by atoms with Gasteiger partial charge in [-0.2, -0.15) is 0 Å². The Hall–Kier alpha value is -1.36. The maximum absolute atomic E-state index is 11.6. The molecule has 1 atom stereocenters. The molecule has 5 heteroatoms. The summed E-state index contributed by atoms with van der Waals surface area (Å²) in [6.07, 6.45) is 5.75. The summed E-state index contributed by atoms with van der Waals surface area (Å²) in [5.74, 6) is 1.69. The highest BCUT2D eigenvalue weighted by molar-refractivity contribution is 5.82. The van der Waals surface area contributed by atoms with E-state index in [1.165, 1.54) is 0 Å². The molecule has 1 aromatic heterocycles. The standard InChI is InChI=1S/C13H22N4O/c1-10(2)12-15-7-9-17(12)8-3-5-16-13(18)11-4-6-14-11/h7,9-11,14H,3-6,8H2,1-2H3,(H,16,18). The summed E-state index contributed by atoms with van der Waals surface area (Å²) in [5, 5.41) is 6.06. The second-order valence-corrected chi connectivity index (χ2v) is 5.07. The molecule has 1 aliphatic heterocycles. The molecule has 1 amide bonds. The summed E-state index contributed by atoms with van der Waals surface area (Å²) >= 11 is 0. The molecular weight excluding hydrogens is 228 g/mol. The predicted octanol–water partition coefficient (Wildman–Crippen LogP) is 0.875. The monoisotopic (exact) mass is 250 g/mol. The average molecular weight is 250 g/mol. The lowest BCUT2D eigenvalue weighted by Gasteiger charge is -2.26. The third-order valence-corrected chi connectivity index (χ3v) is 3.28. The third-order valence-electron chi connectivity index (χ3n) is 3.28. The van der Waals surface area contributed by atoms with Crippen LogP contribution in [0, 0.1) is 0 Å². The van der Waals surface area contributed by atoms with Crippen LogP contribution in [0.5, 0.6) is 0 Å². The van der Waals surface area contributed by atoms with Gasteiger partial charge in [-0.1, -0.05) is 13.8 Å². The lowest BCUT2D eigenvalue weighted by Crippen LogP contribution is -2.53. The van der Waals surface area contributed by atoms with E-state index in [4.69, 9.17) is 0 Å². The molecular formula is C13H22N4O. The molecule has 18 heavy (non-hydrogen) atoms. The van der Waals surface area contributed by atoms with Crippen LogP contribution in [-0.4, -0.2) is 34.6 Å². The molecule has 0 aromatic carbocycles. The van der Waals surface area contributed by atoms with E-state index in [0.29, 0.717) is 5.92 Å². The topological polar surface area (TPSA) is 59.0 Å². The van der Waals surface area contributed by atoms with Gasteiger partial charge in [0, 0.05) is 31.4 Å². The van der Waals surface area contributed by atoms with Crippen molar-refractivity contribution in [2.24, 2.45) is 0 Å². The quantitative estimate of drug-likeness (QED) is 0.737. The number of carbonyl (C=O) groups excluding carboxylic acids is 1. The number of nitrogens with one attached hydrogen (secondary N) is 2. The smallest absolute Gasteiger partial charge is 0.237 e. The summed E-state index contributed by atoms with van der Waals surface area (Å²) in [6.45, 7) is 6.88. The molecule has 2 N–H and O–H groups in total. The van der Waals surface area contributed by atoms with Crippen LogP contribution in [0.2, 0.25) is 0 Å². The number of carbonyl (C=O) groups is 1. The molecule has 1 saturated heterocycles. The van der Waals surface area contributed by atoms with Gasteiger partial charge in [0.1, 0.15) is 5.82 Å². The van der Waals surface area contributed by atoms with Gasteiger partial charge in [-0.3, -0.25) is 4.79 Å². The van der Waals surface area contributed by atoms with Crippen LogP contribution >= 0.6 is 0 Å². The van der Waals surface area contributed by atoms with Crippen molar-refractivity contribution in [3.05, 3.63) is 18.2 Å². The number of amides is 1. The van der Waals surface area contributed by atoms with E-state index in [1.54, 1.807) is 0 Å². The van der Waals surface area contributed by atoms with Crippen LogP contribution < -0.4 is 10.6 Å². The van der Waals surface area contributed by atoms with Gasteiger partial charge in [0.2, 0.25) is 5.91 Å². The molecule has 2 rings (SSSR count). The minimum absolute atomic E-state index is 0.0458. The molecule has 2 heterocycles. The van der Waals surface area contributed by atoms with Crippen molar-refractivity contribution < 1.29 is 4.79 Å². The summed E-state index contributed by atoms with van der Waals surface area (Å²) in [5.41, 5.74) is 0. The molecule has 1 unspecified atom stereocenters. The van der Waals surface area contributed by atoms with Crippen LogP contribution in [0.1, 0.15) is 38.4 Å². The third kappa shape index (κ3) is 3.10. The van der Waals surface area contributed by atoms with Crippen LogP contribution in [0.3, 0.4) is 0 Å². The highest BCUT2D eigenvalue weighted by atomic mass is 16.2. The molecule has 0 radical (unpaired) electrons. The summed E-state index contributed by atoms with van der Waals surface area (Å²) in [4.78, 5) is 15.9. The van der Waals surface area contributed by atoms with Crippen LogP contribution in [0.4, 0.5) is 0 Å². The van der Waals surface area contributed by atoms with E-state index in [0.717, 1.165) is 38.3 Å². The van der Waals surface area contributed by atoms with Gasteiger partial charge in [0.05, 0.1) is 6.04 Å². The fourth-order valence-electron chi connectivity index (χ4n) is 2.11. The van der Waals surface area contributed by atoms with Gasteiger partial charge in [-0.25, -0.2) is 4.98 Å². The van der Waals surface area contributed by atoms with E-state index < -0.39 is 0 Å². The molecule has 0 bridgehead atoms. The Kier molecular flexibility index (Phi) is 4.36. The van der Waals surface area contributed by atoms with E-state index >= 15 is 0 Å². The zero-order valence-corrected chi connectivity index (χ0v) is 11.1. The summed E-state index contributed by atoms with van der Waals surface area (Å²) in [6, 6.07) is 0.0458. The maximum Gasteiger partial charge on any atom is 0.237 e. The Morgan fingerprint density at radius 3 is 3.06 bits per heavy atom. The minimum atomic E-state index is 0.0458. The van der Waals surface area contributed by atoms with Gasteiger partial charge in [0.25, 0.3) is 0 Å². The first-order chi connectivity index (χ1) is 8.68. The first-order valence-corrected chi connectivity index (χ1v) is 6.70. The maximum atomic E-state index is 11.6. The first-order valence-electron chi connectivity index (χ1n) is 6.70. The number of imidazole rings is 1. The average Bonchev–Trinajstić information content (AvgIpc) is 2.70. The Bertz CT molecular complexity index is 395. The fraction of sp³-hybridized carbons (Fsp3) is 0.692. The van der Waals surface area contributed by atoms with E-state index in [2.05, 4.69) is 34.0 Å². The van der Waals surface area contributed by atoms with Crippen LogP contribution in [0.15, 0.2) is 12.4 Å². The van der Waals surface area contributed by atoms with Crippen LogP contribution in [0.25, 0.3) is 0 Å². The lowest BCUT2D eigenvalue weighted by molar-refractivity contribution is -0.124. The summed E-state index contributed by atoms with van der Waals surface area (Å²) < 4.78 is 2.17. The number of hydrogen-bond donors (Lipinski definition) is 2. The largest absolute Gasteiger partial charge is 0.355 e. The zero-order valence-electron chi connectivity index (χ0n) is 11.1. The van der Waals surface area contributed by atoms with Gasteiger partial charge >= 0.3 is 0 Å². The number of aromatic nitrogens is 2. The number of rotatable bonds is 6. The Morgan fingerprint density at radius 2 is 2.44 bits per heavy atom. The van der Waals surface area contributed by atoms with Crippen LogP contribution in [-0.2, 0) is 11.3 Å². The van der Waals surface area contributed by atoms with Gasteiger partial charge in [0.15, 0.2) is 0 Å². The fourth-order valence-corrected chi connectivity index (χ4v) is 2.11. The van der Waals surface area contributed by atoms with Gasteiger partial charge in [-0.15, -0.1) is 0 Å². The molecule has 5 nitrogen and oxygen atoms in total. The van der Waals surface area contributed by atoms with Crippen molar-refractivity contribution >= 4 is 5.91 Å². The molecule has 0 spiro atoms. The molecule has 0 aliphatic carbocycles. The summed E-state index contributed by atoms with van der Waals surface area (Å²) in [7, 11) is 0. The van der Waals surface area contributed by atoms with Gasteiger partial charge < -0.3 is 15.2 Å². The lowest BCUT2D eigenvalue weighted by atomic mass is 10.1. The number of hydrogen-bond acceptors (Lipinski definition) is 3. The van der Waals surface area contributed by atoms with Crippen molar-refractivity contribution in [1.82, 2.24) is 20.2 Å². The predicted molar refractivity (Wildman–Crippen MR) is 70.4 cm³/mol. The van der Waals surface area contributed by atoms with Crippen molar-refractivity contribution in [2.75, 3.05) is 13.1 Å². The molecule has 1 fully saturated rings. The Labute approximate surface area is 108 Å². The minimum Gasteiger partial charge on any atom is -0.355 e. The molecule has 0 saturated carbocycles. The molecule has 1 aromatic rings. The van der Waals surface area contributed by atoms with Crippen molar-refractivity contribution in [1.29, 1.82) is 0 Å². The van der Waals surface area contributed by atoms with Crippen molar-refractivity contribution in [3.8, 4) is 0 Å². The second kappa shape index (κ2) is 6.00. The molecule has 1 aliphatic rings. The highest BCUT2D eigenvalue weighted by Gasteiger charge is 2.23. The second-order valence-electron chi connectivity index (χ2n) is 5.07. The Morgan fingerprint density at radius 1 is 1.67 bits per heavy atom. The number of nitrogens with zero attached hydrogens (tertiary/aromatic N) is 2. The highest BCUT2D eigenvalue weighted by Crippen LogP contribution is 2.11.